The van der Waals surface area contributed by atoms with Crippen LogP contribution in [0.5, 0.6) is 0 Å². The summed E-state index contributed by atoms with van der Waals surface area (Å²) >= 11 is 0. The minimum Gasteiger partial charge on any atom is -0.165 e. The molecule has 0 amide bonds. The highest BCUT2D eigenvalue weighted by molar-refractivity contribution is 7.04. The van der Waals surface area contributed by atoms with Crippen LogP contribution in [0.2, 0.25) is 19.6 Å². The van der Waals surface area contributed by atoms with Gasteiger partial charge in [0, 0.05) is 17.5 Å². The van der Waals surface area contributed by atoms with Crippen LogP contribution in [0.1, 0.15) is 19.4 Å². The molecule has 0 saturated heterocycles. The highest BCUT2D eigenvalue weighted by Gasteiger charge is 2.21. The molecule has 3 heteroatoms. The monoisotopic (exact) mass is 246 g/mol. The van der Waals surface area contributed by atoms with Gasteiger partial charge in [0.05, 0.1) is 8.07 Å². The van der Waals surface area contributed by atoms with Crippen molar-refractivity contribution in [1.29, 1.82) is 0 Å². The SMILES string of the molecule is CC(C)=N/N=C(/Cc1ccccc1)[Si](C)(C)C. The molecule has 0 atom stereocenters. The van der Waals surface area contributed by atoms with Gasteiger partial charge in [-0.15, -0.1) is 0 Å². The van der Waals surface area contributed by atoms with E-state index in [-0.39, 0.29) is 0 Å². The van der Waals surface area contributed by atoms with E-state index in [1.54, 1.807) is 0 Å². The van der Waals surface area contributed by atoms with Crippen molar-refractivity contribution in [1.82, 2.24) is 0 Å². The van der Waals surface area contributed by atoms with Crippen LogP contribution in [-0.4, -0.2) is 19.1 Å². The topological polar surface area (TPSA) is 24.7 Å². The van der Waals surface area contributed by atoms with Crippen molar-refractivity contribution in [2.24, 2.45) is 10.2 Å². The van der Waals surface area contributed by atoms with E-state index in [1.807, 2.05) is 19.9 Å². The zero-order valence-electron chi connectivity index (χ0n) is 11.5. The van der Waals surface area contributed by atoms with Crippen LogP contribution >= 0.6 is 0 Å². The van der Waals surface area contributed by atoms with Crippen molar-refractivity contribution >= 4 is 19.1 Å². The van der Waals surface area contributed by atoms with Crippen LogP contribution in [0.3, 0.4) is 0 Å². The molecule has 0 aliphatic heterocycles. The Morgan fingerprint density at radius 3 is 2.06 bits per heavy atom. The summed E-state index contributed by atoms with van der Waals surface area (Å²) in [6.45, 7) is 10.9. The second-order valence-corrected chi connectivity index (χ2v) is 10.6. The van der Waals surface area contributed by atoms with Gasteiger partial charge in [0.2, 0.25) is 0 Å². The molecule has 0 saturated carbocycles. The number of hydrogen-bond acceptors (Lipinski definition) is 2. The van der Waals surface area contributed by atoms with Crippen LogP contribution in [0.25, 0.3) is 0 Å². The highest BCUT2D eigenvalue weighted by Crippen LogP contribution is 2.11. The summed E-state index contributed by atoms with van der Waals surface area (Å²) in [4.78, 5) is 0. The lowest BCUT2D eigenvalue weighted by Crippen LogP contribution is -2.35. The van der Waals surface area contributed by atoms with E-state index in [0.29, 0.717) is 0 Å². The maximum atomic E-state index is 4.46. The van der Waals surface area contributed by atoms with Crippen LogP contribution in [-0.2, 0) is 6.42 Å². The maximum absolute atomic E-state index is 4.46. The average Bonchev–Trinajstić information content (AvgIpc) is 2.23. The van der Waals surface area contributed by atoms with E-state index in [2.05, 4.69) is 54.1 Å². The van der Waals surface area contributed by atoms with Crippen molar-refractivity contribution in [2.45, 2.75) is 39.9 Å². The molecule has 0 fully saturated rings. The van der Waals surface area contributed by atoms with Gasteiger partial charge in [-0.25, -0.2) is 0 Å². The van der Waals surface area contributed by atoms with Crippen molar-refractivity contribution in [3.63, 3.8) is 0 Å². The van der Waals surface area contributed by atoms with Crippen molar-refractivity contribution < 1.29 is 0 Å². The molecule has 0 unspecified atom stereocenters. The molecule has 0 aliphatic rings. The fourth-order valence-corrected chi connectivity index (χ4v) is 2.48. The second-order valence-electron chi connectivity index (χ2n) is 5.51. The van der Waals surface area contributed by atoms with Gasteiger partial charge in [-0.1, -0.05) is 50.0 Å². The third-order valence-corrected chi connectivity index (χ3v) is 4.46. The smallest absolute Gasteiger partial charge is 0.0988 e. The van der Waals surface area contributed by atoms with Crippen LogP contribution in [0, 0.1) is 0 Å². The van der Waals surface area contributed by atoms with Gasteiger partial charge in [0.1, 0.15) is 0 Å². The second kappa shape index (κ2) is 5.91. The minimum atomic E-state index is -1.39. The summed E-state index contributed by atoms with van der Waals surface area (Å²) < 4.78 is 0. The molecule has 1 aromatic rings. The molecule has 0 aliphatic carbocycles. The molecule has 1 rings (SSSR count). The third kappa shape index (κ3) is 5.09. The lowest BCUT2D eigenvalue weighted by Gasteiger charge is -2.18. The first kappa shape index (κ1) is 13.8. The number of benzene rings is 1. The van der Waals surface area contributed by atoms with Gasteiger partial charge in [0.25, 0.3) is 0 Å². The quantitative estimate of drug-likeness (QED) is 0.437. The Balaban J connectivity index is 2.94. The minimum absolute atomic E-state index is 0.924. The van der Waals surface area contributed by atoms with E-state index in [9.17, 15) is 0 Å². The standard InChI is InChI=1S/C14H22N2Si/c1-12(2)15-16-14(17(3,4)5)11-13-9-7-6-8-10-13/h6-10H,11H2,1-5H3/b16-14-. The molecular formula is C14H22N2Si. The first-order valence-corrected chi connectivity index (χ1v) is 9.52. The summed E-state index contributed by atoms with van der Waals surface area (Å²) in [6, 6.07) is 10.5. The average molecular weight is 246 g/mol. The first-order chi connectivity index (χ1) is 7.89. The Hall–Kier alpha value is -1.22. The molecule has 0 aromatic heterocycles. The predicted octanol–water partition coefficient (Wildman–Crippen LogP) is 3.94. The van der Waals surface area contributed by atoms with Gasteiger partial charge >= 0.3 is 0 Å². The molecular weight excluding hydrogens is 224 g/mol. The van der Waals surface area contributed by atoms with E-state index >= 15 is 0 Å². The third-order valence-electron chi connectivity index (χ3n) is 2.45. The summed E-state index contributed by atoms with van der Waals surface area (Å²) in [5.74, 6) is 0. The highest BCUT2D eigenvalue weighted by atomic mass is 28.3. The molecule has 0 bridgehead atoms. The Morgan fingerprint density at radius 1 is 1.00 bits per heavy atom. The molecule has 0 heterocycles. The van der Waals surface area contributed by atoms with Crippen LogP contribution < -0.4 is 0 Å². The normalized spacial score (nSPS) is 12.4. The number of rotatable bonds is 4. The van der Waals surface area contributed by atoms with Gasteiger partial charge < -0.3 is 0 Å². The van der Waals surface area contributed by atoms with E-state index < -0.39 is 8.07 Å². The number of nitrogens with zero attached hydrogens (tertiary/aromatic N) is 2. The zero-order valence-corrected chi connectivity index (χ0v) is 12.5. The Morgan fingerprint density at radius 2 is 1.59 bits per heavy atom. The van der Waals surface area contributed by atoms with Crippen molar-refractivity contribution in [3.05, 3.63) is 35.9 Å². The van der Waals surface area contributed by atoms with Crippen LogP contribution in [0.15, 0.2) is 40.5 Å². The fraction of sp³-hybridized carbons (Fsp3) is 0.429. The van der Waals surface area contributed by atoms with Gasteiger partial charge in [-0.3, -0.25) is 0 Å². The predicted molar refractivity (Wildman–Crippen MR) is 79.7 cm³/mol. The molecule has 17 heavy (non-hydrogen) atoms. The Bertz CT molecular complexity index is 410. The van der Waals surface area contributed by atoms with Crippen molar-refractivity contribution in [2.75, 3.05) is 0 Å². The summed E-state index contributed by atoms with van der Waals surface area (Å²) in [5, 5.41) is 9.94. The Kier molecular flexibility index (Phi) is 4.81. The van der Waals surface area contributed by atoms with Gasteiger partial charge in [-0.2, -0.15) is 10.2 Å². The molecule has 92 valence electrons. The summed E-state index contributed by atoms with van der Waals surface area (Å²) in [5.41, 5.74) is 2.33. The molecule has 1 aromatic carbocycles. The van der Waals surface area contributed by atoms with Gasteiger partial charge in [0.15, 0.2) is 0 Å². The Labute approximate surface area is 105 Å². The van der Waals surface area contributed by atoms with Crippen LogP contribution in [0.4, 0.5) is 0 Å². The summed E-state index contributed by atoms with van der Waals surface area (Å²) in [6.07, 6.45) is 0.924. The summed E-state index contributed by atoms with van der Waals surface area (Å²) in [7, 11) is -1.39. The first-order valence-electron chi connectivity index (χ1n) is 6.02. The van der Waals surface area contributed by atoms with E-state index in [0.717, 1.165) is 12.1 Å². The maximum Gasteiger partial charge on any atom is 0.0988 e. The molecule has 0 N–H and O–H groups in total. The zero-order chi connectivity index (χ0) is 12.9. The molecule has 2 nitrogen and oxygen atoms in total. The number of hydrogen-bond donors (Lipinski definition) is 0. The van der Waals surface area contributed by atoms with Gasteiger partial charge in [-0.05, 0) is 19.4 Å². The lowest BCUT2D eigenvalue weighted by molar-refractivity contribution is 1.19. The van der Waals surface area contributed by atoms with Crippen molar-refractivity contribution in [3.8, 4) is 0 Å². The lowest BCUT2D eigenvalue weighted by atomic mass is 10.2. The fourth-order valence-electron chi connectivity index (χ4n) is 1.40. The molecule has 0 radical (unpaired) electrons. The molecule has 0 spiro atoms. The van der Waals surface area contributed by atoms with E-state index in [4.69, 9.17) is 0 Å². The largest absolute Gasteiger partial charge is 0.165 e. The van der Waals surface area contributed by atoms with E-state index in [1.165, 1.54) is 10.9 Å².